The number of pyridine rings is 2. The van der Waals surface area contributed by atoms with Crippen LogP contribution in [0.25, 0.3) is 10.9 Å². The molecule has 0 unspecified atom stereocenters. The highest BCUT2D eigenvalue weighted by Crippen LogP contribution is 2.36. The summed E-state index contributed by atoms with van der Waals surface area (Å²) in [4.78, 5) is 11.5. The SMILES string of the molecule is CC1(C)OB(c2cc3c(N4CCCCC4)ccnc3cn2)OC1(C)C. The van der Waals surface area contributed by atoms with Gasteiger partial charge in [-0.1, -0.05) is 0 Å². The van der Waals surface area contributed by atoms with Gasteiger partial charge in [-0.3, -0.25) is 9.97 Å². The molecule has 4 heterocycles. The molecule has 2 saturated heterocycles. The van der Waals surface area contributed by atoms with Gasteiger partial charge in [0.2, 0.25) is 0 Å². The van der Waals surface area contributed by atoms with Gasteiger partial charge >= 0.3 is 7.12 Å². The summed E-state index contributed by atoms with van der Waals surface area (Å²) in [6.45, 7) is 10.5. The van der Waals surface area contributed by atoms with E-state index in [1.807, 2.05) is 12.4 Å². The lowest BCUT2D eigenvalue weighted by atomic mass is 9.83. The molecule has 0 aromatic carbocycles. The number of hydrogen-bond acceptors (Lipinski definition) is 5. The van der Waals surface area contributed by atoms with Crippen LogP contribution in [0.5, 0.6) is 0 Å². The predicted molar refractivity (Wildman–Crippen MR) is 101 cm³/mol. The summed E-state index contributed by atoms with van der Waals surface area (Å²) in [5.74, 6) is 0. The molecule has 0 N–H and O–H groups in total. The molecule has 0 radical (unpaired) electrons. The summed E-state index contributed by atoms with van der Waals surface area (Å²) >= 11 is 0. The van der Waals surface area contributed by atoms with E-state index in [2.05, 4.69) is 54.7 Å². The Morgan fingerprint density at radius 2 is 1.68 bits per heavy atom. The fourth-order valence-corrected chi connectivity index (χ4v) is 3.55. The van der Waals surface area contributed by atoms with Crippen LogP contribution in [0, 0.1) is 0 Å². The van der Waals surface area contributed by atoms with E-state index in [0.717, 1.165) is 29.6 Å². The Labute approximate surface area is 149 Å². The number of rotatable bonds is 2. The van der Waals surface area contributed by atoms with Crippen LogP contribution in [-0.2, 0) is 9.31 Å². The molecule has 25 heavy (non-hydrogen) atoms. The van der Waals surface area contributed by atoms with E-state index >= 15 is 0 Å². The molecule has 2 aliphatic rings. The average Bonchev–Trinajstić information content (AvgIpc) is 2.82. The largest absolute Gasteiger partial charge is 0.514 e. The van der Waals surface area contributed by atoms with Gasteiger partial charge in [0.25, 0.3) is 0 Å². The maximum atomic E-state index is 6.17. The van der Waals surface area contributed by atoms with E-state index in [4.69, 9.17) is 9.31 Å². The van der Waals surface area contributed by atoms with Crippen molar-refractivity contribution in [1.29, 1.82) is 0 Å². The molecular formula is C19H26BN3O2. The Bertz CT molecular complexity index is 771. The Hall–Kier alpha value is -1.66. The Kier molecular flexibility index (Phi) is 4.00. The molecule has 0 atom stereocenters. The molecule has 132 valence electrons. The highest BCUT2D eigenvalue weighted by atomic mass is 16.7. The average molecular weight is 339 g/mol. The van der Waals surface area contributed by atoms with Gasteiger partial charge in [-0.2, -0.15) is 0 Å². The number of hydrogen-bond donors (Lipinski definition) is 0. The summed E-state index contributed by atoms with van der Waals surface area (Å²) in [6, 6.07) is 4.20. The monoisotopic (exact) mass is 339 g/mol. The van der Waals surface area contributed by atoms with Gasteiger partial charge in [0.1, 0.15) is 0 Å². The molecule has 5 nitrogen and oxygen atoms in total. The van der Waals surface area contributed by atoms with Crippen molar-refractivity contribution in [3.05, 3.63) is 24.5 Å². The van der Waals surface area contributed by atoms with Gasteiger partial charge in [-0.15, -0.1) is 0 Å². The second-order valence-corrected chi connectivity index (χ2v) is 8.09. The van der Waals surface area contributed by atoms with Gasteiger partial charge in [0.05, 0.1) is 28.5 Å². The van der Waals surface area contributed by atoms with E-state index in [1.165, 1.54) is 24.9 Å². The van der Waals surface area contributed by atoms with Crippen LogP contribution in [0.2, 0.25) is 0 Å². The zero-order valence-corrected chi connectivity index (χ0v) is 15.6. The molecular weight excluding hydrogens is 313 g/mol. The van der Waals surface area contributed by atoms with Crippen LogP contribution < -0.4 is 10.5 Å². The first-order valence-electron chi connectivity index (χ1n) is 9.23. The molecule has 0 spiro atoms. The van der Waals surface area contributed by atoms with Crippen molar-refractivity contribution in [2.45, 2.75) is 58.2 Å². The Morgan fingerprint density at radius 3 is 2.36 bits per heavy atom. The first-order valence-corrected chi connectivity index (χ1v) is 9.23. The van der Waals surface area contributed by atoms with E-state index in [0.29, 0.717) is 0 Å². The number of piperidine rings is 1. The zero-order valence-electron chi connectivity index (χ0n) is 15.6. The second kappa shape index (κ2) is 5.96. The van der Waals surface area contributed by atoms with Crippen LogP contribution in [0.4, 0.5) is 5.69 Å². The third-order valence-corrected chi connectivity index (χ3v) is 5.82. The fraction of sp³-hybridized carbons (Fsp3) is 0.579. The van der Waals surface area contributed by atoms with Crippen LogP contribution >= 0.6 is 0 Å². The molecule has 2 aromatic rings. The molecule has 0 saturated carbocycles. The summed E-state index contributed by atoms with van der Waals surface area (Å²) in [6.07, 6.45) is 7.53. The van der Waals surface area contributed by atoms with Gasteiger partial charge < -0.3 is 14.2 Å². The van der Waals surface area contributed by atoms with Crippen LogP contribution in [0.3, 0.4) is 0 Å². The lowest BCUT2D eigenvalue weighted by Gasteiger charge is -2.32. The van der Waals surface area contributed by atoms with Gasteiger partial charge in [-0.05, 0) is 59.1 Å². The highest BCUT2D eigenvalue weighted by molar-refractivity contribution is 6.61. The smallest absolute Gasteiger partial charge is 0.398 e. The zero-order chi connectivity index (χ0) is 17.7. The molecule has 2 aromatic heterocycles. The van der Waals surface area contributed by atoms with E-state index in [9.17, 15) is 0 Å². The highest BCUT2D eigenvalue weighted by Gasteiger charge is 2.52. The normalized spacial score (nSPS) is 22.6. The third kappa shape index (κ3) is 2.91. The summed E-state index contributed by atoms with van der Waals surface area (Å²) in [5.41, 5.74) is 2.25. The quantitative estimate of drug-likeness (QED) is 0.788. The number of fused-ring (bicyclic) bond motifs is 1. The first kappa shape index (κ1) is 16.8. The lowest BCUT2D eigenvalue weighted by Crippen LogP contribution is -2.41. The maximum Gasteiger partial charge on any atom is 0.514 e. The molecule has 0 bridgehead atoms. The topological polar surface area (TPSA) is 47.5 Å². The van der Waals surface area contributed by atoms with Crippen LogP contribution in [-0.4, -0.2) is 41.4 Å². The lowest BCUT2D eigenvalue weighted by molar-refractivity contribution is 0.00578. The van der Waals surface area contributed by atoms with Gasteiger partial charge in [-0.25, -0.2) is 0 Å². The maximum absolute atomic E-state index is 6.17. The molecule has 4 rings (SSSR count). The fourth-order valence-electron chi connectivity index (χ4n) is 3.55. The summed E-state index contributed by atoms with van der Waals surface area (Å²) in [5, 5.41) is 1.13. The summed E-state index contributed by atoms with van der Waals surface area (Å²) < 4.78 is 12.3. The Morgan fingerprint density at radius 1 is 1.00 bits per heavy atom. The van der Waals surface area contributed by atoms with Crippen LogP contribution in [0.15, 0.2) is 24.5 Å². The van der Waals surface area contributed by atoms with E-state index in [-0.39, 0.29) is 11.2 Å². The predicted octanol–water partition coefficient (Wildman–Crippen LogP) is 2.92. The van der Waals surface area contributed by atoms with Crippen molar-refractivity contribution < 1.29 is 9.31 Å². The van der Waals surface area contributed by atoms with Crippen molar-refractivity contribution in [1.82, 2.24) is 9.97 Å². The van der Waals surface area contributed by atoms with Gasteiger partial charge in [0, 0.05) is 30.4 Å². The van der Waals surface area contributed by atoms with Crippen LogP contribution in [0.1, 0.15) is 47.0 Å². The minimum atomic E-state index is -0.441. The van der Waals surface area contributed by atoms with Crippen molar-refractivity contribution >= 4 is 29.3 Å². The molecule has 0 aliphatic carbocycles. The number of nitrogens with zero attached hydrogens (tertiary/aromatic N) is 3. The summed E-state index contributed by atoms with van der Waals surface area (Å²) in [7, 11) is -0.441. The number of anilines is 1. The van der Waals surface area contributed by atoms with Crippen molar-refractivity contribution in [2.75, 3.05) is 18.0 Å². The molecule has 6 heteroatoms. The Balaban J connectivity index is 1.72. The van der Waals surface area contributed by atoms with Crippen molar-refractivity contribution in [3.8, 4) is 0 Å². The first-order chi connectivity index (χ1) is 11.9. The van der Waals surface area contributed by atoms with E-state index < -0.39 is 7.12 Å². The second-order valence-electron chi connectivity index (χ2n) is 8.09. The minimum Gasteiger partial charge on any atom is -0.398 e. The van der Waals surface area contributed by atoms with Crippen molar-refractivity contribution in [2.24, 2.45) is 0 Å². The standard InChI is InChI=1S/C19H26BN3O2/c1-18(2)19(3,4)25-20(24-18)17-12-14-15(13-22-17)21-9-8-16(14)23-10-6-5-7-11-23/h8-9,12-13H,5-7,10-11H2,1-4H3. The minimum absolute atomic E-state index is 0.362. The van der Waals surface area contributed by atoms with E-state index in [1.54, 1.807) is 0 Å². The van der Waals surface area contributed by atoms with Crippen molar-refractivity contribution in [3.63, 3.8) is 0 Å². The molecule has 2 aliphatic heterocycles. The third-order valence-electron chi connectivity index (χ3n) is 5.82. The van der Waals surface area contributed by atoms with Gasteiger partial charge in [0.15, 0.2) is 0 Å². The number of aromatic nitrogens is 2. The molecule has 0 amide bonds. The molecule has 2 fully saturated rings.